The van der Waals surface area contributed by atoms with Crippen molar-refractivity contribution in [1.29, 1.82) is 0 Å². The van der Waals surface area contributed by atoms with Crippen LogP contribution in [0.25, 0.3) is 0 Å². The summed E-state index contributed by atoms with van der Waals surface area (Å²) in [6, 6.07) is 12.2. The molecule has 2 aromatic rings. The maximum Gasteiger partial charge on any atom is 0.337 e. The average Bonchev–Trinajstić information content (AvgIpc) is 2.79. The first-order valence-electron chi connectivity index (χ1n) is 9.91. The number of ether oxygens (including phenoxy) is 2. The van der Waals surface area contributed by atoms with Gasteiger partial charge in [-0.1, -0.05) is 41.4 Å². The van der Waals surface area contributed by atoms with E-state index in [1.54, 1.807) is 30.3 Å². The first-order valence-corrected chi connectivity index (χ1v) is 10.7. The zero-order valence-electron chi connectivity index (χ0n) is 17.2. The molecule has 0 saturated carbocycles. The zero-order valence-corrected chi connectivity index (χ0v) is 18.7. The van der Waals surface area contributed by atoms with Gasteiger partial charge in [0.2, 0.25) is 0 Å². The summed E-state index contributed by atoms with van der Waals surface area (Å²) in [6.45, 7) is 3.61. The first-order chi connectivity index (χ1) is 14.9. The van der Waals surface area contributed by atoms with Crippen LogP contribution in [0.1, 0.15) is 21.5 Å². The van der Waals surface area contributed by atoms with Crippen molar-refractivity contribution in [3.05, 3.63) is 69.2 Å². The first kappa shape index (κ1) is 23.3. The molecule has 9 heteroatoms. The third kappa shape index (κ3) is 7.11. The number of amides is 2. The Morgan fingerprint density at radius 2 is 1.84 bits per heavy atom. The molecule has 1 unspecified atom stereocenters. The number of benzene rings is 2. The van der Waals surface area contributed by atoms with Crippen molar-refractivity contribution >= 4 is 35.2 Å². The van der Waals surface area contributed by atoms with E-state index < -0.39 is 5.97 Å². The minimum Gasteiger partial charge on any atom is -0.465 e. The molecule has 0 radical (unpaired) electrons. The lowest BCUT2D eigenvalue weighted by Crippen LogP contribution is -2.48. The van der Waals surface area contributed by atoms with Crippen molar-refractivity contribution in [1.82, 2.24) is 15.5 Å². The van der Waals surface area contributed by atoms with E-state index in [-0.39, 0.29) is 12.1 Å². The van der Waals surface area contributed by atoms with E-state index in [2.05, 4.69) is 20.3 Å². The molecule has 31 heavy (non-hydrogen) atoms. The van der Waals surface area contributed by atoms with Gasteiger partial charge < -0.3 is 20.1 Å². The Kier molecular flexibility index (Phi) is 8.54. The van der Waals surface area contributed by atoms with E-state index in [4.69, 9.17) is 27.9 Å². The molecular formula is C22H25Cl2N3O4. The van der Waals surface area contributed by atoms with Gasteiger partial charge in [-0.15, -0.1) is 0 Å². The molecule has 0 bridgehead atoms. The number of nitrogens with one attached hydrogen (secondary N) is 2. The molecule has 2 N–H and O–H groups in total. The summed E-state index contributed by atoms with van der Waals surface area (Å²) in [5, 5.41) is 6.73. The average molecular weight is 466 g/mol. The number of rotatable bonds is 7. The number of urea groups is 1. The smallest absolute Gasteiger partial charge is 0.337 e. The number of hydrogen-bond acceptors (Lipinski definition) is 5. The van der Waals surface area contributed by atoms with Crippen molar-refractivity contribution in [3.8, 4) is 0 Å². The number of esters is 1. The van der Waals surface area contributed by atoms with Crippen LogP contribution in [0.4, 0.5) is 4.79 Å². The molecule has 2 aromatic carbocycles. The minimum atomic E-state index is -0.391. The fourth-order valence-corrected chi connectivity index (χ4v) is 3.59. The molecule has 1 atom stereocenters. The van der Waals surface area contributed by atoms with E-state index in [9.17, 15) is 9.59 Å². The summed E-state index contributed by atoms with van der Waals surface area (Å²) in [7, 11) is 1.34. The Balaban J connectivity index is 1.40. The monoisotopic (exact) mass is 465 g/mol. The lowest BCUT2D eigenvalue weighted by molar-refractivity contribution is -0.0287. The summed E-state index contributed by atoms with van der Waals surface area (Å²) >= 11 is 12.1. The second-order valence-corrected chi connectivity index (χ2v) is 8.04. The maximum absolute atomic E-state index is 12.1. The predicted octanol–water partition coefficient (Wildman–Crippen LogP) is 3.48. The molecule has 7 nitrogen and oxygen atoms in total. The number of nitrogens with zero attached hydrogens (tertiary/aromatic N) is 1. The van der Waals surface area contributed by atoms with E-state index in [0.29, 0.717) is 41.8 Å². The van der Waals surface area contributed by atoms with Crippen LogP contribution >= 0.6 is 23.2 Å². The zero-order chi connectivity index (χ0) is 22.2. The van der Waals surface area contributed by atoms with E-state index in [1.165, 1.54) is 7.11 Å². The van der Waals surface area contributed by atoms with Crippen molar-refractivity contribution in [2.75, 3.05) is 33.4 Å². The molecule has 2 amide bonds. The normalized spacial score (nSPS) is 16.5. The quantitative estimate of drug-likeness (QED) is 0.611. The molecule has 0 aliphatic carbocycles. The number of morpholine rings is 1. The second kappa shape index (κ2) is 11.3. The third-order valence-electron chi connectivity index (χ3n) is 4.93. The van der Waals surface area contributed by atoms with E-state index in [1.807, 2.05) is 12.1 Å². The van der Waals surface area contributed by atoms with Gasteiger partial charge >= 0.3 is 12.0 Å². The van der Waals surface area contributed by atoms with Crippen LogP contribution in [-0.2, 0) is 22.6 Å². The minimum absolute atomic E-state index is 0.0957. The van der Waals surface area contributed by atoms with Crippen LogP contribution in [-0.4, -0.2) is 56.4 Å². The number of hydrogen-bond donors (Lipinski definition) is 2. The van der Waals surface area contributed by atoms with Gasteiger partial charge in [0.25, 0.3) is 0 Å². The van der Waals surface area contributed by atoms with Crippen molar-refractivity contribution in [3.63, 3.8) is 0 Å². The number of halogens is 2. The van der Waals surface area contributed by atoms with Gasteiger partial charge in [-0.25, -0.2) is 9.59 Å². The summed E-state index contributed by atoms with van der Waals surface area (Å²) in [4.78, 5) is 25.8. The fourth-order valence-electron chi connectivity index (χ4n) is 3.27. The Hall–Kier alpha value is -2.32. The van der Waals surface area contributed by atoms with Gasteiger partial charge in [-0.2, -0.15) is 0 Å². The van der Waals surface area contributed by atoms with E-state index in [0.717, 1.165) is 24.2 Å². The summed E-state index contributed by atoms with van der Waals surface area (Å²) in [5.41, 5.74) is 2.43. The molecule has 1 fully saturated rings. The highest BCUT2D eigenvalue weighted by Gasteiger charge is 2.21. The molecule has 3 rings (SSSR count). The highest BCUT2D eigenvalue weighted by atomic mass is 35.5. The molecule has 1 saturated heterocycles. The van der Waals surface area contributed by atoms with Gasteiger partial charge in [-0.3, -0.25) is 4.90 Å². The molecule has 1 aliphatic rings. The molecular weight excluding hydrogens is 441 g/mol. The topological polar surface area (TPSA) is 79.9 Å². The molecule has 166 valence electrons. The van der Waals surface area contributed by atoms with Gasteiger partial charge in [0.05, 0.1) is 35.4 Å². The van der Waals surface area contributed by atoms with Gasteiger partial charge in [0.15, 0.2) is 0 Å². The molecule has 1 heterocycles. The highest BCUT2D eigenvalue weighted by Crippen LogP contribution is 2.23. The van der Waals surface area contributed by atoms with Crippen LogP contribution in [0.15, 0.2) is 42.5 Å². The van der Waals surface area contributed by atoms with Gasteiger partial charge in [0.1, 0.15) is 0 Å². The largest absolute Gasteiger partial charge is 0.465 e. The van der Waals surface area contributed by atoms with Crippen LogP contribution in [0.2, 0.25) is 10.0 Å². The van der Waals surface area contributed by atoms with Crippen molar-refractivity contribution < 1.29 is 19.1 Å². The van der Waals surface area contributed by atoms with Gasteiger partial charge in [-0.05, 0) is 35.4 Å². The summed E-state index contributed by atoms with van der Waals surface area (Å²) < 4.78 is 10.4. The maximum atomic E-state index is 12.1. The summed E-state index contributed by atoms with van der Waals surface area (Å²) in [5.74, 6) is -0.391. The fraction of sp³-hybridized carbons (Fsp3) is 0.364. The standard InChI is InChI=1S/C22H25Cl2N3O4/c1-30-21(28)17-5-2-15(3-6-17)11-25-22(29)26-12-18-14-27(8-9-31-18)13-16-4-7-19(23)20(24)10-16/h2-7,10,18H,8-9,11-14H2,1H3,(H2,25,26,29). The molecule has 0 aromatic heterocycles. The molecule has 0 spiro atoms. The lowest BCUT2D eigenvalue weighted by atomic mass is 10.1. The highest BCUT2D eigenvalue weighted by molar-refractivity contribution is 6.42. The van der Waals surface area contributed by atoms with Gasteiger partial charge in [0, 0.05) is 32.7 Å². The van der Waals surface area contributed by atoms with Crippen molar-refractivity contribution in [2.24, 2.45) is 0 Å². The lowest BCUT2D eigenvalue weighted by Gasteiger charge is -2.33. The second-order valence-electron chi connectivity index (χ2n) is 7.23. The number of methoxy groups -OCH3 is 1. The Morgan fingerprint density at radius 1 is 1.10 bits per heavy atom. The van der Waals surface area contributed by atoms with Crippen LogP contribution in [0.3, 0.4) is 0 Å². The van der Waals surface area contributed by atoms with Crippen molar-refractivity contribution in [2.45, 2.75) is 19.2 Å². The number of carbonyl (C=O) groups excluding carboxylic acids is 2. The Morgan fingerprint density at radius 3 is 2.55 bits per heavy atom. The van der Waals surface area contributed by atoms with Crippen LogP contribution in [0.5, 0.6) is 0 Å². The van der Waals surface area contributed by atoms with E-state index >= 15 is 0 Å². The Bertz CT molecular complexity index is 908. The summed E-state index contributed by atoms with van der Waals surface area (Å²) in [6.07, 6.45) is -0.0957. The third-order valence-corrected chi connectivity index (χ3v) is 5.67. The Labute approximate surface area is 191 Å². The van der Waals surface area contributed by atoms with Crippen LogP contribution < -0.4 is 10.6 Å². The van der Waals surface area contributed by atoms with Crippen LogP contribution in [0, 0.1) is 0 Å². The molecule has 1 aliphatic heterocycles. The SMILES string of the molecule is COC(=O)c1ccc(CNC(=O)NCC2CN(Cc3ccc(Cl)c(Cl)c3)CCO2)cc1. The number of carbonyl (C=O) groups is 2. The predicted molar refractivity (Wildman–Crippen MR) is 119 cm³/mol.